The van der Waals surface area contributed by atoms with E-state index >= 15 is 0 Å². The van der Waals surface area contributed by atoms with Crippen LogP contribution < -0.4 is 5.32 Å². The van der Waals surface area contributed by atoms with Gasteiger partial charge in [-0.05, 0) is 6.07 Å². The van der Waals surface area contributed by atoms with Crippen LogP contribution in [0.2, 0.25) is 0 Å². The predicted octanol–water partition coefficient (Wildman–Crippen LogP) is 3.10. The fourth-order valence-corrected chi connectivity index (χ4v) is 2.21. The number of nitrogens with one attached hydrogen (secondary N) is 1. The Morgan fingerprint density at radius 1 is 1.26 bits per heavy atom. The molecule has 2 N–H and O–H groups in total. The highest BCUT2D eigenvalue weighted by molar-refractivity contribution is 5.82. The van der Waals surface area contributed by atoms with Crippen molar-refractivity contribution in [2.75, 3.05) is 13.2 Å². The van der Waals surface area contributed by atoms with E-state index in [4.69, 9.17) is 4.42 Å². The maximum atomic E-state index is 9.27. The molecule has 2 aromatic rings. The Morgan fingerprint density at radius 3 is 2.68 bits per heavy atom. The van der Waals surface area contributed by atoms with E-state index < -0.39 is 0 Å². The highest BCUT2D eigenvalue weighted by Crippen LogP contribution is 2.26. The van der Waals surface area contributed by atoms with Crippen molar-refractivity contribution in [1.82, 2.24) is 5.32 Å². The van der Waals surface area contributed by atoms with Crippen LogP contribution in [0.3, 0.4) is 0 Å². The van der Waals surface area contributed by atoms with E-state index in [0.717, 1.165) is 30.9 Å². The van der Waals surface area contributed by atoms with Crippen LogP contribution >= 0.6 is 0 Å². The number of rotatable bonds is 6. The third-order valence-electron chi connectivity index (χ3n) is 3.44. The van der Waals surface area contributed by atoms with E-state index in [1.54, 1.807) is 0 Å². The van der Waals surface area contributed by atoms with Crippen LogP contribution in [0.15, 0.2) is 28.7 Å². The fourth-order valence-electron chi connectivity index (χ4n) is 2.21. The van der Waals surface area contributed by atoms with Crippen molar-refractivity contribution in [2.24, 2.45) is 5.41 Å². The first-order valence-corrected chi connectivity index (χ1v) is 6.88. The van der Waals surface area contributed by atoms with Gasteiger partial charge in [0.15, 0.2) is 0 Å². The van der Waals surface area contributed by atoms with Gasteiger partial charge in [-0.2, -0.15) is 0 Å². The maximum absolute atomic E-state index is 9.27. The van der Waals surface area contributed by atoms with Gasteiger partial charge in [0.05, 0.1) is 0 Å². The molecule has 0 atom stereocenters. The van der Waals surface area contributed by atoms with Gasteiger partial charge in [0.1, 0.15) is 11.3 Å². The Bertz CT molecular complexity index is 543. The summed E-state index contributed by atoms with van der Waals surface area (Å²) in [7, 11) is 0. The topological polar surface area (TPSA) is 45.4 Å². The molecule has 3 nitrogen and oxygen atoms in total. The van der Waals surface area contributed by atoms with Crippen molar-refractivity contribution < 1.29 is 9.52 Å². The normalized spacial score (nSPS) is 12.2. The summed E-state index contributed by atoms with van der Waals surface area (Å²) in [5.74, 6) is 1.05. The standard InChI is InChI=1S/C16H23NO2/c1-4-14-13(9-17-10-16(2,3)11-18)12-7-5-6-8-15(12)19-14/h5-8,17-18H,4,9-11H2,1-3H3. The van der Waals surface area contributed by atoms with E-state index in [2.05, 4.69) is 18.3 Å². The number of para-hydroxylation sites is 1. The van der Waals surface area contributed by atoms with Gasteiger partial charge in [-0.1, -0.05) is 39.0 Å². The molecule has 0 radical (unpaired) electrons. The van der Waals surface area contributed by atoms with Crippen LogP contribution in [-0.4, -0.2) is 18.3 Å². The van der Waals surface area contributed by atoms with Crippen molar-refractivity contribution >= 4 is 11.0 Å². The summed E-state index contributed by atoms with van der Waals surface area (Å²) in [5, 5.41) is 13.9. The van der Waals surface area contributed by atoms with Gasteiger partial charge in [0.25, 0.3) is 0 Å². The molecule has 104 valence electrons. The van der Waals surface area contributed by atoms with E-state index in [9.17, 15) is 5.11 Å². The van der Waals surface area contributed by atoms with Crippen LogP contribution in [0.4, 0.5) is 0 Å². The highest BCUT2D eigenvalue weighted by atomic mass is 16.3. The first-order valence-electron chi connectivity index (χ1n) is 6.88. The molecule has 0 aliphatic heterocycles. The van der Waals surface area contributed by atoms with Crippen LogP contribution in [-0.2, 0) is 13.0 Å². The van der Waals surface area contributed by atoms with Crippen molar-refractivity contribution in [1.29, 1.82) is 0 Å². The molecule has 0 bridgehead atoms. The summed E-state index contributed by atoms with van der Waals surface area (Å²) in [6.45, 7) is 7.96. The zero-order valence-electron chi connectivity index (χ0n) is 12.0. The Hall–Kier alpha value is -1.32. The molecule has 1 heterocycles. The third kappa shape index (κ3) is 3.17. The molecule has 0 saturated heterocycles. The number of aliphatic hydroxyl groups excluding tert-OH is 1. The average Bonchev–Trinajstić information content (AvgIpc) is 2.77. The van der Waals surface area contributed by atoms with Crippen molar-refractivity contribution in [3.8, 4) is 0 Å². The lowest BCUT2D eigenvalue weighted by molar-refractivity contribution is 0.156. The van der Waals surface area contributed by atoms with Gasteiger partial charge in [-0.3, -0.25) is 0 Å². The summed E-state index contributed by atoms with van der Waals surface area (Å²) in [4.78, 5) is 0. The quantitative estimate of drug-likeness (QED) is 0.840. The van der Waals surface area contributed by atoms with Crippen molar-refractivity contribution in [2.45, 2.75) is 33.7 Å². The van der Waals surface area contributed by atoms with E-state index in [-0.39, 0.29) is 12.0 Å². The summed E-state index contributed by atoms with van der Waals surface area (Å²) in [6, 6.07) is 8.15. The molecule has 2 rings (SSSR count). The minimum absolute atomic E-state index is 0.0914. The number of hydrogen-bond donors (Lipinski definition) is 2. The molecular weight excluding hydrogens is 238 g/mol. The highest BCUT2D eigenvalue weighted by Gasteiger charge is 2.17. The minimum atomic E-state index is -0.0914. The molecular formula is C16H23NO2. The number of benzene rings is 1. The second kappa shape index (κ2) is 5.76. The predicted molar refractivity (Wildman–Crippen MR) is 78.2 cm³/mol. The smallest absolute Gasteiger partial charge is 0.134 e. The molecule has 0 saturated carbocycles. The van der Waals surface area contributed by atoms with Crippen molar-refractivity contribution in [3.63, 3.8) is 0 Å². The van der Waals surface area contributed by atoms with Gasteiger partial charge in [-0.15, -0.1) is 0 Å². The molecule has 0 unspecified atom stereocenters. The third-order valence-corrected chi connectivity index (χ3v) is 3.44. The molecule has 1 aromatic heterocycles. The molecule has 0 aliphatic rings. The van der Waals surface area contributed by atoms with Gasteiger partial charge in [0, 0.05) is 42.5 Å². The Balaban J connectivity index is 2.15. The first-order chi connectivity index (χ1) is 9.07. The summed E-state index contributed by atoms with van der Waals surface area (Å²) < 4.78 is 5.87. The number of aliphatic hydroxyl groups is 1. The molecule has 3 heteroatoms. The lowest BCUT2D eigenvalue weighted by Gasteiger charge is -2.21. The summed E-state index contributed by atoms with van der Waals surface area (Å²) in [5.41, 5.74) is 2.11. The molecule has 1 aromatic carbocycles. The van der Waals surface area contributed by atoms with E-state index in [1.165, 1.54) is 10.9 Å². The summed E-state index contributed by atoms with van der Waals surface area (Å²) >= 11 is 0. The molecule has 0 amide bonds. The Morgan fingerprint density at radius 2 is 2.00 bits per heavy atom. The van der Waals surface area contributed by atoms with Crippen LogP contribution in [0.25, 0.3) is 11.0 Å². The van der Waals surface area contributed by atoms with Crippen LogP contribution in [0.1, 0.15) is 32.1 Å². The van der Waals surface area contributed by atoms with E-state index in [1.807, 2.05) is 32.0 Å². The molecule has 0 fully saturated rings. The lowest BCUT2D eigenvalue weighted by atomic mass is 9.95. The first kappa shape index (κ1) is 14.1. The van der Waals surface area contributed by atoms with Gasteiger partial charge in [-0.25, -0.2) is 0 Å². The molecule has 19 heavy (non-hydrogen) atoms. The zero-order valence-corrected chi connectivity index (χ0v) is 12.0. The fraction of sp³-hybridized carbons (Fsp3) is 0.500. The molecule has 0 spiro atoms. The zero-order chi connectivity index (χ0) is 13.9. The second-order valence-electron chi connectivity index (χ2n) is 5.78. The van der Waals surface area contributed by atoms with Gasteiger partial charge in [0.2, 0.25) is 0 Å². The van der Waals surface area contributed by atoms with Gasteiger partial charge >= 0.3 is 0 Å². The SMILES string of the molecule is CCc1oc2ccccc2c1CNCC(C)(C)CO. The minimum Gasteiger partial charge on any atom is -0.461 e. The lowest BCUT2D eigenvalue weighted by Crippen LogP contribution is -2.32. The largest absolute Gasteiger partial charge is 0.461 e. The number of fused-ring (bicyclic) bond motifs is 1. The van der Waals surface area contributed by atoms with Gasteiger partial charge < -0.3 is 14.8 Å². The van der Waals surface area contributed by atoms with Crippen LogP contribution in [0.5, 0.6) is 0 Å². The Kier molecular flexibility index (Phi) is 4.27. The Labute approximate surface area is 114 Å². The maximum Gasteiger partial charge on any atom is 0.134 e. The van der Waals surface area contributed by atoms with Crippen LogP contribution in [0, 0.1) is 5.41 Å². The number of aryl methyl sites for hydroxylation is 1. The second-order valence-corrected chi connectivity index (χ2v) is 5.78. The molecule has 0 aliphatic carbocycles. The average molecular weight is 261 g/mol. The van der Waals surface area contributed by atoms with E-state index in [0.29, 0.717) is 0 Å². The van der Waals surface area contributed by atoms with Crippen molar-refractivity contribution in [3.05, 3.63) is 35.6 Å². The number of furan rings is 1. The summed E-state index contributed by atoms with van der Waals surface area (Å²) in [6.07, 6.45) is 0.898. The number of hydrogen-bond acceptors (Lipinski definition) is 3. The monoisotopic (exact) mass is 261 g/mol.